The van der Waals surface area contributed by atoms with Gasteiger partial charge in [-0.3, -0.25) is 0 Å². The first-order valence-electron chi connectivity index (χ1n) is 10.0. The van der Waals surface area contributed by atoms with Gasteiger partial charge in [0.2, 0.25) is 10.0 Å². The van der Waals surface area contributed by atoms with Crippen molar-refractivity contribution in [3.63, 3.8) is 0 Å². The van der Waals surface area contributed by atoms with Gasteiger partial charge in [0.25, 0.3) is 0 Å². The average molecular weight is 419 g/mol. The van der Waals surface area contributed by atoms with E-state index in [0.29, 0.717) is 31.8 Å². The number of aromatic amines is 1. The molecule has 1 N–H and O–H groups in total. The van der Waals surface area contributed by atoms with Gasteiger partial charge in [-0.25, -0.2) is 18.2 Å². The lowest BCUT2D eigenvalue weighted by Crippen LogP contribution is -2.49. The summed E-state index contributed by atoms with van der Waals surface area (Å²) in [6.07, 6.45) is 5.64. The highest BCUT2D eigenvalue weighted by atomic mass is 32.2. The quantitative estimate of drug-likeness (QED) is 0.805. The number of carbonyl (C=O) groups is 1. The van der Waals surface area contributed by atoms with E-state index in [-0.39, 0.29) is 19.2 Å². The number of rotatable bonds is 5. The van der Waals surface area contributed by atoms with Crippen LogP contribution < -0.4 is 0 Å². The first-order chi connectivity index (χ1) is 14.1. The van der Waals surface area contributed by atoms with Crippen molar-refractivity contribution in [3.8, 4) is 0 Å². The zero-order valence-corrected chi connectivity index (χ0v) is 17.1. The van der Waals surface area contributed by atoms with Gasteiger partial charge in [0.1, 0.15) is 12.4 Å². The van der Waals surface area contributed by atoms with Crippen LogP contribution in [0.5, 0.6) is 0 Å². The summed E-state index contributed by atoms with van der Waals surface area (Å²) in [6.45, 7) is 1.35. The van der Waals surface area contributed by atoms with Crippen LogP contribution in [0, 0.1) is 0 Å². The van der Waals surface area contributed by atoms with Gasteiger partial charge in [0.15, 0.2) is 0 Å². The maximum atomic E-state index is 13.3. The van der Waals surface area contributed by atoms with Crippen LogP contribution >= 0.6 is 0 Å². The molecule has 0 unspecified atom stereocenters. The molecule has 3 heterocycles. The number of piperidine rings is 1. The number of amides is 1. The lowest BCUT2D eigenvalue weighted by Gasteiger charge is -2.35. The van der Waals surface area contributed by atoms with E-state index in [1.165, 1.54) is 4.90 Å². The predicted molar refractivity (Wildman–Crippen MR) is 107 cm³/mol. The van der Waals surface area contributed by atoms with Crippen molar-refractivity contribution in [1.29, 1.82) is 0 Å². The fourth-order valence-corrected chi connectivity index (χ4v) is 6.29. The third kappa shape index (κ3) is 4.30. The zero-order chi connectivity index (χ0) is 20.3. The molecule has 2 aromatic rings. The van der Waals surface area contributed by atoms with Crippen LogP contribution in [0.1, 0.15) is 43.1 Å². The molecule has 4 rings (SSSR count). The van der Waals surface area contributed by atoms with Crippen molar-refractivity contribution < 1.29 is 17.9 Å². The molecule has 0 spiro atoms. The Labute approximate surface area is 170 Å². The summed E-state index contributed by atoms with van der Waals surface area (Å²) < 4.78 is 33.7. The summed E-state index contributed by atoms with van der Waals surface area (Å²) in [6, 6.07) is 9.20. The second-order valence-electron chi connectivity index (χ2n) is 7.54. The van der Waals surface area contributed by atoms with Gasteiger partial charge in [-0.1, -0.05) is 30.3 Å². The van der Waals surface area contributed by atoms with E-state index in [1.807, 2.05) is 30.3 Å². The Bertz CT molecular complexity index is 917. The highest BCUT2D eigenvalue weighted by Gasteiger charge is 2.43. The maximum Gasteiger partial charge on any atom is 0.410 e. The largest absolute Gasteiger partial charge is 0.445 e. The number of likely N-dealkylation sites (tertiary alicyclic amines) is 1. The van der Waals surface area contributed by atoms with E-state index in [9.17, 15) is 13.2 Å². The molecule has 0 saturated carbocycles. The lowest BCUT2D eigenvalue weighted by molar-refractivity contribution is 0.0896. The Morgan fingerprint density at radius 2 is 1.97 bits per heavy atom. The summed E-state index contributed by atoms with van der Waals surface area (Å²) >= 11 is 0. The molecule has 0 radical (unpaired) electrons. The standard InChI is InChI=1S/C20H26N4O4S/c25-20(28-15-16-6-2-1-3-7-16)23-12-4-8-17(14-23)29(26,27)24-13-5-9-18(24)19-21-10-11-22-19/h1-3,6-7,10-11,17-18H,4-5,8-9,12-15H2,(H,21,22)/t17-,18+/m1/s1. The van der Waals surface area contributed by atoms with E-state index in [2.05, 4.69) is 9.97 Å². The number of nitrogens with zero attached hydrogens (tertiary/aromatic N) is 3. The van der Waals surface area contributed by atoms with Crippen LogP contribution in [-0.2, 0) is 21.4 Å². The minimum absolute atomic E-state index is 0.164. The number of hydrogen-bond donors (Lipinski definition) is 1. The molecule has 1 aromatic heterocycles. The van der Waals surface area contributed by atoms with Crippen molar-refractivity contribution in [2.24, 2.45) is 0 Å². The Kier molecular flexibility index (Phi) is 5.86. The van der Waals surface area contributed by atoms with Crippen LogP contribution in [0.25, 0.3) is 0 Å². The SMILES string of the molecule is O=C(OCc1ccccc1)N1CCC[C@@H](S(=O)(=O)N2CCC[C@H]2c2ncc[nH]2)C1. The maximum absolute atomic E-state index is 13.3. The second-order valence-corrected chi connectivity index (χ2v) is 9.70. The smallest absolute Gasteiger partial charge is 0.410 e. The molecule has 0 bridgehead atoms. The van der Waals surface area contributed by atoms with Gasteiger partial charge < -0.3 is 14.6 Å². The highest BCUT2D eigenvalue weighted by molar-refractivity contribution is 7.89. The molecule has 156 valence electrons. The number of H-pyrrole nitrogens is 1. The number of aromatic nitrogens is 2. The number of carbonyl (C=O) groups excluding carboxylic acids is 1. The monoisotopic (exact) mass is 418 g/mol. The Balaban J connectivity index is 1.41. The fourth-order valence-electron chi connectivity index (χ4n) is 4.13. The van der Waals surface area contributed by atoms with E-state index < -0.39 is 21.4 Å². The molecule has 0 aliphatic carbocycles. The van der Waals surface area contributed by atoms with Crippen molar-refractivity contribution in [2.75, 3.05) is 19.6 Å². The van der Waals surface area contributed by atoms with Gasteiger partial charge >= 0.3 is 6.09 Å². The Morgan fingerprint density at radius 3 is 2.72 bits per heavy atom. The number of sulfonamides is 1. The average Bonchev–Trinajstić information content (AvgIpc) is 3.44. The zero-order valence-electron chi connectivity index (χ0n) is 16.2. The third-order valence-electron chi connectivity index (χ3n) is 5.63. The highest BCUT2D eigenvalue weighted by Crippen LogP contribution is 2.35. The number of ether oxygens (including phenoxy) is 1. The fraction of sp³-hybridized carbons (Fsp3) is 0.500. The van der Waals surface area contributed by atoms with Gasteiger partial charge in [0.05, 0.1) is 11.3 Å². The molecule has 2 aliphatic heterocycles. The minimum Gasteiger partial charge on any atom is -0.445 e. The number of imidazole rings is 1. The number of hydrogen-bond acceptors (Lipinski definition) is 5. The van der Waals surface area contributed by atoms with Crippen LogP contribution in [0.2, 0.25) is 0 Å². The molecular formula is C20H26N4O4S. The predicted octanol–water partition coefficient (Wildman–Crippen LogP) is 2.68. The van der Waals surface area contributed by atoms with Gasteiger partial charge in [-0.15, -0.1) is 0 Å². The van der Waals surface area contributed by atoms with E-state index in [1.54, 1.807) is 16.7 Å². The minimum atomic E-state index is -3.55. The van der Waals surface area contributed by atoms with Crippen LogP contribution in [0.15, 0.2) is 42.7 Å². The Morgan fingerprint density at radius 1 is 1.17 bits per heavy atom. The molecule has 9 heteroatoms. The molecule has 2 fully saturated rings. The molecule has 2 aliphatic rings. The van der Waals surface area contributed by atoms with E-state index >= 15 is 0 Å². The van der Waals surface area contributed by atoms with E-state index in [0.717, 1.165) is 18.4 Å². The topological polar surface area (TPSA) is 95.6 Å². The number of nitrogens with one attached hydrogen (secondary N) is 1. The molecule has 2 saturated heterocycles. The molecule has 29 heavy (non-hydrogen) atoms. The number of benzene rings is 1. The van der Waals surface area contributed by atoms with Crippen LogP contribution in [-0.4, -0.2) is 58.6 Å². The van der Waals surface area contributed by atoms with Crippen molar-refractivity contribution in [1.82, 2.24) is 19.2 Å². The van der Waals surface area contributed by atoms with Crippen molar-refractivity contribution in [2.45, 2.75) is 43.6 Å². The van der Waals surface area contributed by atoms with E-state index in [4.69, 9.17) is 4.74 Å². The van der Waals surface area contributed by atoms with Gasteiger partial charge in [-0.2, -0.15) is 4.31 Å². The van der Waals surface area contributed by atoms with Crippen LogP contribution in [0.3, 0.4) is 0 Å². The first-order valence-corrected chi connectivity index (χ1v) is 11.5. The van der Waals surface area contributed by atoms with Gasteiger partial charge in [0, 0.05) is 32.0 Å². The summed E-state index contributed by atoms with van der Waals surface area (Å²) in [4.78, 5) is 21.3. The van der Waals surface area contributed by atoms with Crippen LogP contribution in [0.4, 0.5) is 4.79 Å². The molecule has 1 amide bonds. The van der Waals surface area contributed by atoms with Crippen molar-refractivity contribution >= 4 is 16.1 Å². The second kappa shape index (κ2) is 8.54. The normalized spacial score (nSPS) is 23.2. The van der Waals surface area contributed by atoms with Crippen molar-refractivity contribution in [3.05, 3.63) is 54.1 Å². The third-order valence-corrected chi connectivity index (χ3v) is 7.95. The summed E-state index contributed by atoms with van der Waals surface area (Å²) in [5.74, 6) is 0.681. The van der Waals surface area contributed by atoms with Gasteiger partial charge in [-0.05, 0) is 31.2 Å². The lowest BCUT2D eigenvalue weighted by atomic mass is 10.1. The molecule has 1 aromatic carbocycles. The molecule has 2 atom stereocenters. The molecular weight excluding hydrogens is 392 g/mol. The summed E-state index contributed by atoms with van der Waals surface area (Å²) in [7, 11) is -3.55. The summed E-state index contributed by atoms with van der Waals surface area (Å²) in [5.41, 5.74) is 0.903. The molecule has 8 nitrogen and oxygen atoms in total. The Hall–Kier alpha value is -2.39. The summed E-state index contributed by atoms with van der Waals surface area (Å²) in [5, 5.41) is -0.615. The first kappa shape index (κ1) is 19.9.